The molecule has 1 atom stereocenters. The number of hydrogen-bond donors (Lipinski definition) is 2. The Labute approximate surface area is 138 Å². The highest BCUT2D eigenvalue weighted by molar-refractivity contribution is 7.10. The second-order valence-electron chi connectivity index (χ2n) is 5.11. The van der Waals surface area contributed by atoms with Crippen LogP contribution in [0.3, 0.4) is 0 Å². The first-order valence-electron chi connectivity index (χ1n) is 7.27. The summed E-state index contributed by atoms with van der Waals surface area (Å²) in [6.45, 7) is 1.96. The van der Waals surface area contributed by atoms with E-state index in [0.717, 1.165) is 5.56 Å². The van der Waals surface area contributed by atoms with Crippen molar-refractivity contribution in [3.05, 3.63) is 70.1 Å². The fourth-order valence-corrected chi connectivity index (χ4v) is 3.12. The van der Waals surface area contributed by atoms with E-state index in [-0.39, 0.29) is 18.5 Å². The fourth-order valence-electron chi connectivity index (χ4n) is 2.29. The molecule has 1 aromatic carbocycles. The summed E-state index contributed by atoms with van der Waals surface area (Å²) in [6, 6.07) is 15.8. The molecule has 3 aromatic rings. The van der Waals surface area contributed by atoms with Gasteiger partial charge in [0.15, 0.2) is 5.82 Å². The van der Waals surface area contributed by atoms with E-state index < -0.39 is 0 Å². The van der Waals surface area contributed by atoms with Gasteiger partial charge in [-0.1, -0.05) is 41.6 Å². The topological polar surface area (TPSA) is 67.2 Å². The number of nitrogens with zero attached hydrogens (tertiary/aromatic N) is 1. The van der Waals surface area contributed by atoms with Gasteiger partial charge in [0.2, 0.25) is 5.91 Å². The highest BCUT2D eigenvalue weighted by Gasteiger charge is 2.16. The molecule has 0 fully saturated rings. The van der Waals surface area contributed by atoms with Crippen LogP contribution < -0.4 is 10.6 Å². The molecule has 0 aliphatic rings. The molecule has 6 heteroatoms. The Morgan fingerprint density at radius 3 is 2.74 bits per heavy atom. The predicted octanol–water partition coefficient (Wildman–Crippen LogP) is 3.36. The average Bonchev–Trinajstić information content (AvgIpc) is 3.21. The molecule has 118 valence electrons. The number of benzene rings is 1. The minimum absolute atomic E-state index is 0.0130. The van der Waals surface area contributed by atoms with E-state index in [1.54, 1.807) is 24.3 Å². The number of carbonyl (C=O) groups excluding carboxylic acids is 1. The predicted molar refractivity (Wildman–Crippen MR) is 90.5 cm³/mol. The van der Waals surface area contributed by atoms with Crippen LogP contribution >= 0.6 is 11.3 Å². The van der Waals surface area contributed by atoms with Gasteiger partial charge in [-0.25, -0.2) is 0 Å². The molecular weight excluding hydrogens is 310 g/mol. The smallest absolute Gasteiger partial charge is 0.239 e. The zero-order chi connectivity index (χ0) is 16.1. The summed E-state index contributed by atoms with van der Waals surface area (Å²) >= 11 is 1.66. The van der Waals surface area contributed by atoms with Gasteiger partial charge in [-0.2, -0.15) is 0 Å². The van der Waals surface area contributed by atoms with Crippen LogP contribution in [-0.4, -0.2) is 17.6 Å². The SMILES string of the molecule is Cc1cc(NC(=O)CN[C@@H](c2ccccc2)c2cccs2)no1. The lowest BCUT2D eigenvalue weighted by Gasteiger charge is -2.17. The molecule has 0 aliphatic carbocycles. The Morgan fingerprint density at radius 2 is 2.09 bits per heavy atom. The summed E-state index contributed by atoms with van der Waals surface area (Å²) in [5.41, 5.74) is 1.13. The van der Waals surface area contributed by atoms with E-state index in [0.29, 0.717) is 11.6 Å². The Balaban J connectivity index is 1.66. The molecule has 2 N–H and O–H groups in total. The van der Waals surface area contributed by atoms with Gasteiger partial charge in [-0.05, 0) is 23.9 Å². The van der Waals surface area contributed by atoms with Crippen molar-refractivity contribution >= 4 is 23.1 Å². The van der Waals surface area contributed by atoms with Crippen LogP contribution in [0.1, 0.15) is 22.2 Å². The van der Waals surface area contributed by atoms with Crippen molar-refractivity contribution < 1.29 is 9.32 Å². The zero-order valence-electron chi connectivity index (χ0n) is 12.7. The van der Waals surface area contributed by atoms with E-state index in [2.05, 4.69) is 34.0 Å². The quantitative estimate of drug-likeness (QED) is 0.728. The molecule has 0 unspecified atom stereocenters. The number of hydrogen-bond acceptors (Lipinski definition) is 5. The number of anilines is 1. The second-order valence-corrected chi connectivity index (χ2v) is 6.09. The largest absolute Gasteiger partial charge is 0.360 e. The average molecular weight is 327 g/mol. The van der Waals surface area contributed by atoms with Gasteiger partial charge in [0.1, 0.15) is 5.76 Å². The van der Waals surface area contributed by atoms with Crippen molar-refractivity contribution in [1.29, 1.82) is 0 Å². The van der Waals surface area contributed by atoms with Crippen molar-refractivity contribution in [1.82, 2.24) is 10.5 Å². The monoisotopic (exact) mass is 327 g/mol. The summed E-state index contributed by atoms with van der Waals surface area (Å²) in [4.78, 5) is 13.2. The van der Waals surface area contributed by atoms with Crippen LogP contribution in [-0.2, 0) is 4.79 Å². The van der Waals surface area contributed by atoms with Crippen LogP contribution in [0.25, 0.3) is 0 Å². The van der Waals surface area contributed by atoms with Crippen molar-refractivity contribution in [3.8, 4) is 0 Å². The van der Waals surface area contributed by atoms with E-state index in [4.69, 9.17) is 4.52 Å². The molecule has 3 rings (SSSR count). The highest BCUT2D eigenvalue weighted by atomic mass is 32.1. The van der Waals surface area contributed by atoms with Gasteiger partial charge in [-0.15, -0.1) is 11.3 Å². The molecule has 2 aromatic heterocycles. The number of nitrogens with one attached hydrogen (secondary N) is 2. The fraction of sp³-hybridized carbons (Fsp3) is 0.176. The van der Waals surface area contributed by atoms with Crippen LogP contribution in [0.4, 0.5) is 5.82 Å². The zero-order valence-corrected chi connectivity index (χ0v) is 13.5. The van der Waals surface area contributed by atoms with Crippen molar-refractivity contribution in [2.45, 2.75) is 13.0 Å². The van der Waals surface area contributed by atoms with Gasteiger partial charge in [0, 0.05) is 10.9 Å². The molecule has 0 saturated heterocycles. The molecule has 0 spiro atoms. The van der Waals surface area contributed by atoms with Gasteiger partial charge >= 0.3 is 0 Å². The molecule has 23 heavy (non-hydrogen) atoms. The minimum atomic E-state index is -0.157. The highest BCUT2D eigenvalue weighted by Crippen LogP contribution is 2.25. The molecule has 1 amide bonds. The summed E-state index contributed by atoms with van der Waals surface area (Å²) in [6.07, 6.45) is 0. The lowest BCUT2D eigenvalue weighted by Crippen LogP contribution is -2.31. The van der Waals surface area contributed by atoms with E-state index >= 15 is 0 Å². The number of amides is 1. The Bertz CT molecular complexity index is 753. The number of rotatable bonds is 6. The van der Waals surface area contributed by atoms with Crippen molar-refractivity contribution in [3.63, 3.8) is 0 Å². The second kappa shape index (κ2) is 7.21. The van der Waals surface area contributed by atoms with Gasteiger partial charge < -0.3 is 9.84 Å². The molecule has 0 radical (unpaired) electrons. The summed E-state index contributed by atoms with van der Waals surface area (Å²) in [5, 5.41) is 11.8. The maximum atomic E-state index is 12.1. The lowest BCUT2D eigenvalue weighted by atomic mass is 10.1. The molecule has 2 heterocycles. The van der Waals surface area contributed by atoms with Crippen LogP contribution in [0.5, 0.6) is 0 Å². The molecular formula is C17H17N3O2S. The Kier molecular flexibility index (Phi) is 4.85. The molecule has 0 saturated carbocycles. The van der Waals surface area contributed by atoms with E-state index in [9.17, 15) is 4.79 Å². The number of aryl methyl sites for hydroxylation is 1. The molecule has 0 aliphatic heterocycles. The third-order valence-electron chi connectivity index (χ3n) is 3.32. The van der Waals surface area contributed by atoms with Crippen molar-refractivity contribution in [2.24, 2.45) is 0 Å². The van der Waals surface area contributed by atoms with Crippen LogP contribution in [0, 0.1) is 6.92 Å². The summed E-state index contributed by atoms with van der Waals surface area (Å²) < 4.78 is 4.94. The third kappa shape index (κ3) is 4.06. The minimum Gasteiger partial charge on any atom is -0.360 e. The number of carbonyl (C=O) groups is 1. The van der Waals surface area contributed by atoms with Crippen LogP contribution in [0.2, 0.25) is 0 Å². The van der Waals surface area contributed by atoms with Gasteiger partial charge in [0.25, 0.3) is 0 Å². The maximum Gasteiger partial charge on any atom is 0.239 e. The maximum absolute atomic E-state index is 12.1. The normalized spacial score (nSPS) is 12.0. The summed E-state index contributed by atoms with van der Waals surface area (Å²) in [7, 11) is 0. The number of aromatic nitrogens is 1. The Hall–Kier alpha value is -2.44. The van der Waals surface area contributed by atoms with E-state index in [1.165, 1.54) is 4.88 Å². The van der Waals surface area contributed by atoms with Crippen LogP contribution in [0.15, 0.2) is 58.4 Å². The standard InChI is InChI=1S/C17H17N3O2S/c1-12-10-15(20-22-12)19-16(21)11-18-17(14-8-5-9-23-14)13-6-3-2-4-7-13/h2-10,17-18H,11H2,1H3,(H,19,20,21)/t17-/m0/s1. The van der Waals surface area contributed by atoms with Crippen molar-refractivity contribution in [2.75, 3.05) is 11.9 Å². The third-order valence-corrected chi connectivity index (χ3v) is 4.26. The summed E-state index contributed by atoms with van der Waals surface area (Å²) in [5.74, 6) is 0.937. The molecule has 0 bridgehead atoms. The number of thiophene rings is 1. The first-order valence-corrected chi connectivity index (χ1v) is 8.15. The van der Waals surface area contributed by atoms with Gasteiger partial charge in [0.05, 0.1) is 12.6 Å². The molecule has 5 nitrogen and oxygen atoms in total. The Morgan fingerprint density at radius 1 is 1.26 bits per heavy atom. The lowest BCUT2D eigenvalue weighted by molar-refractivity contribution is -0.115. The first kappa shape index (κ1) is 15.5. The van der Waals surface area contributed by atoms with E-state index in [1.807, 2.05) is 29.6 Å². The van der Waals surface area contributed by atoms with Gasteiger partial charge in [-0.3, -0.25) is 10.1 Å². The first-order chi connectivity index (χ1) is 11.2.